The number of carboxylic acids is 1. The van der Waals surface area contributed by atoms with Gasteiger partial charge in [0, 0.05) is 30.8 Å². The van der Waals surface area contributed by atoms with E-state index in [4.69, 9.17) is 20.9 Å². The predicted octanol–water partition coefficient (Wildman–Crippen LogP) is 1.35. The number of esters is 1. The van der Waals surface area contributed by atoms with Crippen LogP contribution in [0.25, 0.3) is 0 Å². The van der Waals surface area contributed by atoms with Crippen molar-refractivity contribution in [2.45, 2.75) is 31.6 Å². The first-order chi connectivity index (χ1) is 17.9. The Morgan fingerprint density at radius 1 is 0.921 bits per heavy atom. The van der Waals surface area contributed by atoms with E-state index >= 15 is 0 Å². The molecule has 202 valence electrons. The number of nitro benzene ring substituents is 2. The summed E-state index contributed by atoms with van der Waals surface area (Å²) in [5.74, 6) is -3.18. The first-order valence-electron chi connectivity index (χ1n) is 10.8. The first-order valence-corrected chi connectivity index (χ1v) is 10.8. The zero-order valence-corrected chi connectivity index (χ0v) is 19.8. The molecular weight excluding hydrogens is 508 g/mol. The molecule has 0 fully saturated rings. The van der Waals surface area contributed by atoms with Crippen LogP contribution in [0.4, 0.5) is 16.2 Å². The van der Waals surface area contributed by atoms with Crippen LogP contribution in [0, 0.1) is 20.2 Å². The van der Waals surface area contributed by atoms with Crippen LogP contribution in [0.15, 0.2) is 53.5 Å². The number of hydrogen-bond donors (Lipinski definition) is 4. The van der Waals surface area contributed by atoms with Crippen LogP contribution in [-0.2, 0) is 32.3 Å². The number of nitrogens with two attached hydrogens (primary N) is 2. The molecule has 0 aliphatic rings. The van der Waals surface area contributed by atoms with Crippen LogP contribution in [0.2, 0.25) is 0 Å². The quantitative estimate of drug-likeness (QED) is 0.0574. The summed E-state index contributed by atoms with van der Waals surface area (Å²) in [6.45, 7) is -0.635. The Bertz CT molecular complexity index is 1220. The van der Waals surface area contributed by atoms with Crippen molar-refractivity contribution in [1.29, 1.82) is 0 Å². The topological polar surface area (TPSA) is 253 Å². The number of hydrogen-bond acceptors (Lipinski definition) is 11. The molecule has 0 saturated carbocycles. The Hall–Kier alpha value is -5.12. The molecular formula is C22H24N6O10. The molecule has 1 atom stereocenters. The van der Waals surface area contributed by atoms with E-state index in [9.17, 15) is 39.7 Å². The number of benzene rings is 2. The number of aliphatic carboxylic acids is 1. The molecule has 16 nitrogen and oxygen atoms in total. The summed E-state index contributed by atoms with van der Waals surface area (Å²) < 4.78 is 9.92. The third kappa shape index (κ3) is 8.52. The minimum absolute atomic E-state index is 0.0182. The molecule has 2 aromatic carbocycles. The Balaban J connectivity index is 1.80. The van der Waals surface area contributed by atoms with Crippen LogP contribution in [-0.4, -0.2) is 51.0 Å². The van der Waals surface area contributed by atoms with Crippen molar-refractivity contribution in [2.24, 2.45) is 16.5 Å². The van der Waals surface area contributed by atoms with E-state index in [0.717, 1.165) is 0 Å². The Morgan fingerprint density at radius 2 is 1.39 bits per heavy atom. The summed E-state index contributed by atoms with van der Waals surface area (Å²) in [5, 5.41) is 32.9. The highest BCUT2D eigenvalue weighted by Crippen LogP contribution is 2.17. The number of guanidine groups is 1. The summed E-state index contributed by atoms with van der Waals surface area (Å²) in [5.41, 5.74) is 9.57. The fraction of sp³-hybridized carbons (Fsp3) is 0.273. The van der Waals surface area contributed by atoms with Gasteiger partial charge in [0.1, 0.15) is 13.2 Å². The number of amides is 1. The van der Waals surface area contributed by atoms with Gasteiger partial charge in [-0.25, -0.2) is 14.4 Å². The average Bonchev–Trinajstić information content (AvgIpc) is 2.88. The van der Waals surface area contributed by atoms with Gasteiger partial charge in [-0.1, -0.05) is 0 Å². The SMILES string of the molecule is NC(=NCCC[C@](N)(C(=O)O)C(=O)OCc1ccc([N+](=O)[O-])cc1)NC(=O)OCc1ccc([N+](=O)[O-])cc1. The Morgan fingerprint density at radius 3 is 1.84 bits per heavy atom. The van der Waals surface area contributed by atoms with Gasteiger partial charge < -0.3 is 26.0 Å². The maximum absolute atomic E-state index is 12.4. The zero-order valence-electron chi connectivity index (χ0n) is 19.8. The van der Waals surface area contributed by atoms with Crippen molar-refractivity contribution >= 4 is 35.4 Å². The third-order valence-corrected chi connectivity index (χ3v) is 5.02. The van der Waals surface area contributed by atoms with Gasteiger partial charge >= 0.3 is 18.0 Å². The van der Waals surface area contributed by atoms with Gasteiger partial charge in [0.05, 0.1) is 9.85 Å². The molecule has 0 aromatic heterocycles. The lowest BCUT2D eigenvalue weighted by Gasteiger charge is -2.22. The van der Waals surface area contributed by atoms with Gasteiger partial charge in [-0.05, 0) is 48.2 Å². The van der Waals surface area contributed by atoms with Gasteiger partial charge in [-0.3, -0.25) is 30.5 Å². The summed E-state index contributed by atoms with van der Waals surface area (Å²) in [6, 6.07) is 10.5. The summed E-state index contributed by atoms with van der Waals surface area (Å²) in [6.07, 6.45) is -1.34. The molecule has 0 saturated heterocycles. The molecule has 0 radical (unpaired) electrons. The molecule has 0 aliphatic carbocycles. The van der Waals surface area contributed by atoms with Crippen LogP contribution in [0.5, 0.6) is 0 Å². The second-order valence-corrected chi connectivity index (χ2v) is 7.77. The monoisotopic (exact) mass is 532 g/mol. The number of rotatable bonds is 12. The number of ether oxygens (including phenoxy) is 2. The molecule has 0 unspecified atom stereocenters. The molecule has 0 heterocycles. The lowest BCUT2D eigenvalue weighted by molar-refractivity contribution is -0.385. The largest absolute Gasteiger partial charge is 0.479 e. The Labute approximate surface area is 214 Å². The van der Waals surface area contributed by atoms with Crippen LogP contribution >= 0.6 is 0 Å². The van der Waals surface area contributed by atoms with Crippen molar-refractivity contribution in [3.8, 4) is 0 Å². The minimum atomic E-state index is -2.39. The number of carboxylic acid groups (broad SMARTS) is 1. The van der Waals surface area contributed by atoms with Gasteiger partial charge in [-0.15, -0.1) is 0 Å². The highest BCUT2D eigenvalue weighted by atomic mass is 16.6. The zero-order chi connectivity index (χ0) is 28.3. The van der Waals surface area contributed by atoms with Gasteiger partial charge in [-0.2, -0.15) is 0 Å². The fourth-order valence-corrected chi connectivity index (χ4v) is 2.89. The van der Waals surface area contributed by atoms with Crippen LogP contribution < -0.4 is 16.8 Å². The number of carbonyl (C=O) groups excluding carboxylic acids is 2. The smallest absolute Gasteiger partial charge is 0.414 e. The van der Waals surface area contributed by atoms with Gasteiger partial charge in [0.2, 0.25) is 5.54 Å². The molecule has 6 N–H and O–H groups in total. The lowest BCUT2D eigenvalue weighted by Crippen LogP contribution is -2.55. The van der Waals surface area contributed by atoms with E-state index in [-0.39, 0.29) is 49.9 Å². The summed E-state index contributed by atoms with van der Waals surface area (Å²) in [4.78, 5) is 59.8. The van der Waals surface area contributed by atoms with Gasteiger partial charge in [0.15, 0.2) is 5.96 Å². The van der Waals surface area contributed by atoms with Crippen LogP contribution in [0.1, 0.15) is 24.0 Å². The van der Waals surface area contributed by atoms with E-state index < -0.39 is 33.4 Å². The molecule has 1 amide bonds. The van der Waals surface area contributed by atoms with Gasteiger partial charge in [0.25, 0.3) is 11.4 Å². The van der Waals surface area contributed by atoms with Crippen molar-refractivity contribution in [3.63, 3.8) is 0 Å². The standard InChI is InChI=1S/C22H24N6O10/c23-20(26-21(32)38-13-15-4-8-17(9-5-15)28(35)36)25-11-1-10-22(24,18(29)30)19(31)37-12-14-2-6-16(7-3-14)27(33)34/h2-9H,1,10-13,24H2,(H,29,30)(H3,23,25,26,32)/t22-/m0/s1. The van der Waals surface area contributed by atoms with Crippen molar-refractivity contribution < 1.29 is 38.8 Å². The second kappa shape index (κ2) is 13.3. The predicted molar refractivity (Wildman–Crippen MR) is 130 cm³/mol. The molecule has 0 aliphatic heterocycles. The number of nitrogens with zero attached hydrogens (tertiary/aromatic N) is 3. The van der Waals surface area contributed by atoms with Crippen molar-refractivity contribution in [1.82, 2.24) is 5.32 Å². The van der Waals surface area contributed by atoms with Crippen molar-refractivity contribution in [2.75, 3.05) is 6.54 Å². The fourth-order valence-electron chi connectivity index (χ4n) is 2.89. The number of carbonyl (C=O) groups is 3. The van der Waals surface area contributed by atoms with E-state index in [0.29, 0.717) is 11.1 Å². The van der Waals surface area contributed by atoms with Crippen molar-refractivity contribution in [3.05, 3.63) is 79.9 Å². The molecule has 2 rings (SSSR count). The van der Waals surface area contributed by atoms with E-state index in [2.05, 4.69) is 10.3 Å². The minimum Gasteiger partial charge on any atom is -0.479 e. The molecule has 0 spiro atoms. The number of nitrogens with one attached hydrogen (secondary N) is 1. The molecule has 16 heteroatoms. The highest BCUT2D eigenvalue weighted by Gasteiger charge is 2.43. The van der Waals surface area contributed by atoms with E-state index in [1.54, 1.807) is 0 Å². The average molecular weight is 532 g/mol. The summed E-state index contributed by atoms with van der Waals surface area (Å²) >= 11 is 0. The maximum atomic E-state index is 12.4. The number of non-ortho nitro benzene ring substituents is 2. The molecule has 0 bridgehead atoms. The number of nitro groups is 2. The first kappa shape index (κ1) is 29.1. The van der Waals surface area contributed by atoms with Crippen LogP contribution in [0.3, 0.4) is 0 Å². The molecule has 2 aromatic rings. The normalized spacial score (nSPS) is 12.6. The second-order valence-electron chi connectivity index (χ2n) is 7.77. The Kier molecular flexibility index (Phi) is 10.2. The third-order valence-electron chi connectivity index (χ3n) is 5.02. The number of alkyl carbamates (subject to hydrolysis) is 1. The molecule has 38 heavy (non-hydrogen) atoms. The highest BCUT2D eigenvalue weighted by molar-refractivity contribution is 6.03. The lowest BCUT2D eigenvalue weighted by atomic mass is 9.95. The van der Waals surface area contributed by atoms with E-state index in [1.165, 1.54) is 48.5 Å². The maximum Gasteiger partial charge on any atom is 0.414 e. The summed E-state index contributed by atoms with van der Waals surface area (Å²) in [7, 11) is 0. The van der Waals surface area contributed by atoms with E-state index in [1.807, 2.05) is 0 Å². The number of aliphatic imine (C=N–C) groups is 1.